The van der Waals surface area contributed by atoms with Crippen LogP contribution in [0.4, 0.5) is 0 Å². The molecule has 2 amide bonds. The smallest absolute Gasteiger partial charge is 0.311 e. The van der Waals surface area contributed by atoms with Crippen molar-refractivity contribution in [2.75, 3.05) is 13.1 Å². The number of primary amides is 1. The monoisotopic (exact) mass is 200 g/mol. The topological polar surface area (TPSA) is 63.4 Å². The van der Waals surface area contributed by atoms with Crippen LogP contribution in [0.15, 0.2) is 0 Å². The van der Waals surface area contributed by atoms with Gasteiger partial charge in [-0.15, -0.1) is 0 Å². The summed E-state index contributed by atoms with van der Waals surface area (Å²) >= 11 is 0. The Labute approximate surface area is 85.4 Å². The Balaban J connectivity index is 4.38. The summed E-state index contributed by atoms with van der Waals surface area (Å²) in [6, 6.07) is 0. The van der Waals surface area contributed by atoms with Crippen molar-refractivity contribution in [1.82, 2.24) is 4.90 Å². The fraction of sp³-hybridized carbons (Fsp3) is 0.800. The zero-order chi connectivity index (χ0) is 11.3. The molecule has 0 radical (unpaired) electrons. The van der Waals surface area contributed by atoms with Crippen molar-refractivity contribution in [1.29, 1.82) is 0 Å². The predicted molar refractivity (Wildman–Crippen MR) is 55.5 cm³/mol. The van der Waals surface area contributed by atoms with E-state index in [1.807, 2.05) is 27.7 Å². The third kappa shape index (κ3) is 4.84. The van der Waals surface area contributed by atoms with Gasteiger partial charge in [-0.3, -0.25) is 9.59 Å². The van der Waals surface area contributed by atoms with Gasteiger partial charge in [-0.05, 0) is 11.8 Å². The van der Waals surface area contributed by atoms with E-state index in [-0.39, 0.29) is 0 Å². The molecule has 0 unspecified atom stereocenters. The van der Waals surface area contributed by atoms with Crippen LogP contribution in [0.1, 0.15) is 27.7 Å². The van der Waals surface area contributed by atoms with Crippen molar-refractivity contribution in [3.8, 4) is 0 Å². The van der Waals surface area contributed by atoms with Crippen LogP contribution in [0.3, 0.4) is 0 Å². The molecule has 82 valence electrons. The van der Waals surface area contributed by atoms with Crippen LogP contribution in [-0.4, -0.2) is 29.8 Å². The first-order chi connectivity index (χ1) is 6.34. The molecule has 4 heteroatoms. The fourth-order valence-electron chi connectivity index (χ4n) is 1.28. The van der Waals surface area contributed by atoms with E-state index in [1.165, 1.54) is 4.90 Å². The van der Waals surface area contributed by atoms with Gasteiger partial charge in [0, 0.05) is 13.1 Å². The Hall–Kier alpha value is -1.06. The molecule has 0 bridgehead atoms. The van der Waals surface area contributed by atoms with Crippen molar-refractivity contribution >= 4 is 11.8 Å². The summed E-state index contributed by atoms with van der Waals surface area (Å²) in [5.74, 6) is -0.757. The minimum Gasteiger partial charge on any atom is -0.361 e. The van der Waals surface area contributed by atoms with E-state index in [0.717, 1.165) is 0 Å². The SMILES string of the molecule is CC(C)CN(CC(C)C)C(=O)C(N)=O. The van der Waals surface area contributed by atoms with Gasteiger partial charge in [-0.2, -0.15) is 0 Å². The largest absolute Gasteiger partial charge is 0.361 e. The van der Waals surface area contributed by atoms with Crippen LogP contribution < -0.4 is 5.73 Å². The summed E-state index contributed by atoms with van der Waals surface area (Å²) in [7, 11) is 0. The van der Waals surface area contributed by atoms with Crippen LogP contribution in [-0.2, 0) is 9.59 Å². The van der Waals surface area contributed by atoms with Gasteiger partial charge in [0.05, 0.1) is 0 Å². The fourth-order valence-corrected chi connectivity index (χ4v) is 1.28. The number of nitrogens with zero attached hydrogens (tertiary/aromatic N) is 1. The standard InChI is InChI=1S/C10H20N2O2/c1-7(2)5-12(6-8(3)4)10(14)9(11)13/h7-8H,5-6H2,1-4H3,(H2,11,13). The van der Waals surface area contributed by atoms with Crippen molar-refractivity contribution < 1.29 is 9.59 Å². The molecule has 0 heterocycles. The zero-order valence-corrected chi connectivity index (χ0v) is 9.41. The van der Waals surface area contributed by atoms with Crippen LogP contribution >= 0.6 is 0 Å². The molecule has 0 rings (SSSR count). The maximum Gasteiger partial charge on any atom is 0.311 e. The highest BCUT2D eigenvalue weighted by atomic mass is 16.2. The summed E-state index contributed by atoms with van der Waals surface area (Å²) in [5.41, 5.74) is 4.96. The molecular formula is C10H20N2O2. The number of carbonyl (C=O) groups excluding carboxylic acids is 2. The lowest BCUT2D eigenvalue weighted by Gasteiger charge is -2.24. The molecular weight excluding hydrogens is 180 g/mol. The number of carbonyl (C=O) groups is 2. The maximum atomic E-state index is 11.4. The normalized spacial score (nSPS) is 10.7. The Morgan fingerprint density at radius 3 is 1.64 bits per heavy atom. The minimum atomic E-state index is -0.869. The lowest BCUT2D eigenvalue weighted by Crippen LogP contribution is -2.43. The number of amides is 2. The molecule has 0 saturated heterocycles. The predicted octanol–water partition coefficient (Wildman–Crippen LogP) is 0.612. The summed E-state index contributed by atoms with van der Waals surface area (Å²) in [6.45, 7) is 9.17. The lowest BCUT2D eigenvalue weighted by atomic mass is 10.1. The molecule has 0 saturated carbocycles. The molecule has 4 nitrogen and oxygen atoms in total. The van der Waals surface area contributed by atoms with E-state index in [9.17, 15) is 9.59 Å². The van der Waals surface area contributed by atoms with Crippen molar-refractivity contribution in [2.24, 2.45) is 17.6 Å². The second-order valence-corrected chi connectivity index (χ2v) is 4.36. The zero-order valence-electron chi connectivity index (χ0n) is 9.41. The average Bonchev–Trinajstić information content (AvgIpc) is 1.99. The van der Waals surface area contributed by atoms with E-state index < -0.39 is 11.8 Å². The molecule has 0 fully saturated rings. The van der Waals surface area contributed by atoms with E-state index in [4.69, 9.17) is 5.73 Å². The van der Waals surface area contributed by atoms with Gasteiger partial charge in [-0.1, -0.05) is 27.7 Å². The van der Waals surface area contributed by atoms with Gasteiger partial charge in [-0.25, -0.2) is 0 Å². The average molecular weight is 200 g/mol. The highest BCUT2D eigenvalue weighted by molar-refractivity contribution is 6.34. The third-order valence-electron chi connectivity index (χ3n) is 1.67. The van der Waals surface area contributed by atoms with E-state index in [2.05, 4.69) is 0 Å². The van der Waals surface area contributed by atoms with E-state index in [0.29, 0.717) is 24.9 Å². The van der Waals surface area contributed by atoms with Crippen molar-refractivity contribution in [2.45, 2.75) is 27.7 Å². The van der Waals surface area contributed by atoms with Crippen molar-refractivity contribution in [3.63, 3.8) is 0 Å². The lowest BCUT2D eigenvalue weighted by molar-refractivity contribution is -0.144. The molecule has 0 aliphatic heterocycles. The molecule has 2 N–H and O–H groups in total. The molecule has 0 aromatic heterocycles. The molecule has 0 aromatic carbocycles. The Kier molecular flexibility index (Phi) is 5.20. The van der Waals surface area contributed by atoms with Gasteiger partial charge >= 0.3 is 11.8 Å². The Bertz CT molecular complexity index is 202. The van der Waals surface area contributed by atoms with Gasteiger partial charge < -0.3 is 10.6 Å². The first-order valence-electron chi connectivity index (χ1n) is 4.93. The summed E-state index contributed by atoms with van der Waals surface area (Å²) in [6.07, 6.45) is 0. The number of hydrogen-bond acceptors (Lipinski definition) is 2. The number of nitrogens with two attached hydrogens (primary N) is 1. The van der Waals surface area contributed by atoms with Gasteiger partial charge in [0.1, 0.15) is 0 Å². The summed E-state index contributed by atoms with van der Waals surface area (Å²) in [4.78, 5) is 23.6. The second kappa shape index (κ2) is 5.62. The van der Waals surface area contributed by atoms with E-state index >= 15 is 0 Å². The first-order valence-corrected chi connectivity index (χ1v) is 4.93. The van der Waals surface area contributed by atoms with Crippen LogP contribution in [0.2, 0.25) is 0 Å². The molecule has 0 spiro atoms. The Morgan fingerprint density at radius 1 is 1.07 bits per heavy atom. The summed E-state index contributed by atoms with van der Waals surface area (Å²) in [5, 5.41) is 0. The van der Waals surface area contributed by atoms with E-state index in [1.54, 1.807) is 0 Å². The maximum absolute atomic E-state index is 11.4. The first kappa shape index (κ1) is 12.9. The molecule has 0 atom stereocenters. The Morgan fingerprint density at radius 2 is 1.43 bits per heavy atom. The van der Waals surface area contributed by atoms with Crippen molar-refractivity contribution in [3.05, 3.63) is 0 Å². The molecule has 0 aromatic rings. The molecule has 14 heavy (non-hydrogen) atoms. The summed E-state index contributed by atoms with van der Waals surface area (Å²) < 4.78 is 0. The highest BCUT2D eigenvalue weighted by Gasteiger charge is 2.20. The van der Waals surface area contributed by atoms with Gasteiger partial charge in [0.2, 0.25) is 0 Å². The van der Waals surface area contributed by atoms with Crippen LogP contribution in [0, 0.1) is 11.8 Å². The van der Waals surface area contributed by atoms with Gasteiger partial charge in [0.25, 0.3) is 0 Å². The number of rotatable bonds is 4. The number of hydrogen-bond donors (Lipinski definition) is 1. The quantitative estimate of drug-likeness (QED) is 0.676. The van der Waals surface area contributed by atoms with Gasteiger partial charge in [0.15, 0.2) is 0 Å². The molecule has 0 aliphatic carbocycles. The van der Waals surface area contributed by atoms with Crippen LogP contribution in [0.25, 0.3) is 0 Å². The minimum absolute atomic E-state index is 0.344. The second-order valence-electron chi connectivity index (χ2n) is 4.36. The third-order valence-corrected chi connectivity index (χ3v) is 1.67. The highest BCUT2D eigenvalue weighted by Crippen LogP contribution is 2.03. The molecule has 0 aliphatic rings. The van der Waals surface area contributed by atoms with Crippen LogP contribution in [0.5, 0.6) is 0 Å².